The van der Waals surface area contributed by atoms with Gasteiger partial charge in [0, 0.05) is 17.6 Å². The van der Waals surface area contributed by atoms with E-state index in [1.165, 1.54) is 0 Å². The van der Waals surface area contributed by atoms with Crippen LogP contribution in [-0.4, -0.2) is 4.98 Å². The first-order chi connectivity index (χ1) is 17.9. The van der Waals surface area contributed by atoms with Gasteiger partial charge in [-0.1, -0.05) is 60.7 Å². The van der Waals surface area contributed by atoms with E-state index in [2.05, 4.69) is 62.1 Å². The molecule has 5 aromatic rings. The molecular weight excluding hydrogens is 457 g/mol. The second-order valence-corrected chi connectivity index (χ2v) is 9.34. The summed E-state index contributed by atoms with van der Waals surface area (Å²) in [6.45, 7) is 8.25. The molecule has 0 saturated heterocycles. The number of halogens is 1. The monoisotopic (exact) mass is 487 g/mol. The normalized spacial score (nSPS) is 10.8. The van der Waals surface area contributed by atoms with Gasteiger partial charge in [0.25, 0.3) is 0 Å². The molecule has 0 bridgehead atoms. The summed E-state index contributed by atoms with van der Waals surface area (Å²) in [4.78, 5) is 8.90. The summed E-state index contributed by atoms with van der Waals surface area (Å²) in [5.74, 6) is 0.457. The lowest BCUT2D eigenvalue weighted by atomic mass is 10.1. The van der Waals surface area contributed by atoms with Crippen molar-refractivity contribution in [1.29, 1.82) is 0 Å². The Hall–Kier alpha value is -4.44. The van der Waals surface area contributed by atoms with Gasteiger partial charge in [-0.05, 0) is 92.4 Å². The van der Waals surface area contributed by atoms with Crippen LogP contribution in [0.4, 0.5) is 38.6 Å². The van der Waals surface area contributed by atoms with Crippen LogP contribution in [0, 0.1) is 33.5 Å². The molecule has 1 aromatic heterocycles. The topological polar surface area (TPSA) is 19.4 Å². The highest BCUT2D eigenvalue weighted by Crippen LogP contribution is 2.43. The standard InChI is InChI=1S/C33H30FN3/c1-23-12-5-8-16-30(23)36(31-17-9-6-13-24(31)2)28-20-27(34)21-29(22-28)37(32-18-10-7-14-25(32)3)33-26(4)15-11-19-35-33/h5-22H,1-4H3. The summed E-state index contributed by atoms with van der Waals surface area (Å²) in [6, 6.07) is 33.7. The van der Waals surface area contributed by atoms with E-state index in [0.29, 0.717) is 5.69 Å². The van der Waals surface area contributed by atoms with Crippen molar-refractivity contribution in [2.24, 2.45) is 0 Å². The second kappa shape index (κ2) is 10.3. The molecule has 0 N–H and O–H groups in total. The van der Waals surface area contributed by atoms with Crippen LogP contribution in [-0.2, 0) is 0 Å². The van der Waals surface area contributed by atoms with Crippen LogP contribution in [0.3, 0.4) is 0 Å². The molecule has 0 saturated carbocycles. The molecule has 3 nitrogen and oxygen atoms in total. The van der Waals surface area contributed by atoms with E-state index in [1.54, 1.807) is 18.3 Å². The number of benzene rings is 4. The van der Waals surface area contributed by atoms with Gasteiger partial charge in [-0.3, -0.25) is 4.90 Å². The maximum Gasteiger partial charge on any atom is 0.140 e. The molecule has 0 amide bonds. The molecule has 0 fully saturated rings. The molecule has 0 atom stereocenters. The van der Waals surface area contributed by atoms with Crippen molar-refractivity contribution in [2.45, 2.75) is 27.7 Å². The Kier molecular flexibility index (Phi) is 6.74. The van der Waals surface area contributed by atoms with E-state index < -0.39 is 0 Å². The largest absolute Gasteiger partial charge is 0.310 e. The SMILES string of the molecule is Cc1ccccc1N(c1cc(F)cc(N(c2ccccc2C)c2ncccc2C)c1)c1ccccc1C. The van der Waals surface area contributed by atoms with Gasteiger partial charge in [0.2, 0.25) is 0 Å². The van der Waals surface area contributed by atoms with Gasteiger partial charge in [0.15, 0.2) is 0 Å². The Balaban J connectivity index is 1.77. The van der Waals surface area contributed by atoms with Gasteiger partial charge in [0.1, 0.15) is 11.6 Å². The third kappa shape index (κ3) is 4.83. The van der Waals surface area contributed by atoms with Gasteiger partial charge in [-0.15, -0.1) is 0 Å². The zero-order valence-electron chi connectivity index (χ0n) is 21.6. The number of aryl methyl sites for hydroxylation is 4. The molecule has 0 unspecified atom stereocenters. The number of aromatic nitrogens is 1. The quantitative estimate of drug-likeness (QED) is 0.238. The van der Waals surface area contributed by atoms with Crippen molar-refractivity contribution >= 4 is 34.3 Å². The van der Waals surface area contributed by atoms with E-state index in [1.807, 2.05) is 66.4 Å². The summed E-state index contributed by atoms with van der Waals surface area (Å²) in [5.41, 5.74) is 8.71. The molecule has 0 spiro atoms. The molecule has 5 rings (SSSR count). The van der Waals surface area contributed by atoms with Crippen LogP contribution in [0.15, 0.2) is 109 Å². The zero-order chi connectivity index (χ0) is 25.9. The summed E-state index contributed by atoms with van der Waals surface area (Å²) < 4.78 is 15.5. The van der Waals surface area contributed by atoms with Crippen LogP contribution in [0.2, 0.25) is 0 Å². The fraction of sp³-hybridized carbons (Fsp3) is 0.121. The van der Waals surface area contributed by atoms with Crippen molar-refractivity contribution in [3.63, 3.8) is 0 Å². The predicted molar refractivity (Wildman–Crippen MR) is 153 cm³/mol. The maximum absolute atomic E-state index is 15.5. The molecular formula is C33H30FN3. The minimum Gasteiger partial charge on any atom is -0.310 e. The van der Waals surface area contributed by atoms with Gasteiger partial charge in [0.05, 0.1) is 17.1 Å². The Bertz CT molecular complexity index is 1360. The summed E-state index contributed by atoms with van der Waals surface area (Å²) in [6.07, 6.45) is 1.78. The van der Waals surface area contributed by atoms with E-state index in [4.69, 9.17) is 4.98 Å². The smallest absolute Gasteiger partial charge is 0.140 e. The molecule has 0 aliphatic rings. The molecule has 0 aliphatic heterocycles. The number of pyridine rings is 1. The van der Waals surface area contributed by atoms with Crippen molar-refractivity contribution in [3.05, 3.63) is 137 Å². The lowest BCUT2D eigenvalue weighted by Gasteiger charge is -2.31. The lowest BCUT2D eigenvalue weighted by Crippen LogP contribution is -2.17. The van der Waals surface area contributed by atoms with E-state index in [-0.39, 0.29) is 5.82 Å². The zero-order valence-corrected chi connectivity index (χ0v) is 21.6. The van der Waals surface area contributed by atoms with Crippen LogP contribution in [0.25, 0.3) is 0 Å². The Morgan fingerprint density at radius 3 is 1.43 bits per heavy atom. The Labute approximate surface area is 218 Å². The predicted octanol–water partition coefficient (Wildman–Crippen LogP) is 9.39. The van der Waals surface area contributed by atoms with Crippen LogP contribution in [0.5, 0.6) is 0 Å². The van der Waals surface area contributed by atoms with Gasteiger partial charge < -0.3 is 4.90 Å². The fourth-order valence-electron chi connectivity index (χ4n) is 4.76. The summed E-state index contributed by atoms with van der Waals surface area (Å²) in [7, 11) is 0. The third-order valence-corrected chi connectivity index (χ3v) is 6.65. The number of para-hydroxylation sites is 3. The number of anilines is 6. The first-order valence-electron chi connectivity index (χ1n) is 12.4. The molecule has 1 heterocycles. The molecule has 4 heteroatoms. The van der Waals surface area contributed by atoms with Gasteiger partial charge >= 0.3 is 0 Å². The Morgan fingerprint density at radius 2 is 0.946 bits per heavy atom. The van der Waals surface area contributed by atoms with Crippen molar-refractivity contribution in [1.82, 2.24) is 4.98 Å². The van der Waals surface area contributed by atoms with E-state index >= 15 is 4.39 Å². The number of rotatable bonds is 6. The maximum atomic E-state index is 15.5. The second-order valence-electron chi connectivity index (χ2n) is 9.34. The number of nitrogens with zero attached hydrogens (tertiary/aromatic N) is 3. The van der Waals surface area contributed by atoms with Crippen LogP contribution >= 0.6 is 0 Å². The van der Waals surface area contributed by atoms with E-state index in [0.717, 1.165) is 50.8 Å². The van der Waals surface area contributed by atoms with Crippen LogP contribution < -0.4 is 9.80 Å². The van der Waals surface area contributed by atoms with Gasteiger partial charge in [-0.25, -0.2) is 9.37 Å². The van der Waals surface area contributed by atoms with Crippen molar-refractivity contribution in [3.8, 4) is 0 Å². The average molecular weight is 488 g/mol. The van der Waals surface area contributed by atoms with E-state index in [9.17, 15) is 0 Å². The van der Waals surface area contributed by atoms with Gasteiger partial charge in [-0.2, -0.15) is 0 Å². The molecule has 37 heavy (non-hydrogen) atoms. The number of hydrogen-bond donors (Lipinski definition) is 0. The third-order valence-electron chi connectivity index (χ3n) is 6.65. The molecule has 4 aromatic carbocycles. The fourth-order valence-corrected chi connectivity index (χ4v) is 4.76. The highest BCUT2D eigenvalue weighted by atomic mass is 19.1. The molecule has 184 valence electrons. The van der Waals surface area contributed by atoms with Crippen molar-refractivity contribution < 1.29 is 4.39 Å². The first kappa shape index (κ1) is 24.3. The molecule has 0 radical (unpaired) electrons. The lowest BCUT2D eigenvalue weighted by molar-refractivity contribution is 0.628. The van der Waals surface area contributed by atoms with Crippen molar-refractivity contribution in [2.75, 3.05) is 9.80 Å². The molecule has 0 aliphatic carbocycles. The first-order valence-corrected chi connectivity index (χ1v) is 12.4. The average Bonchev–Trinajstić information content (AvgIpc) is 2.89. The number of hydrogen-bond acceptors (Lipinski definition) is 3. The van der Waals surface area contributed by atoms with Crippen LogP contribution in [0.1, 0.15) is 22.3 Å². The minimum absolute atomic E-state index is 0.313. The summed E-state index contributed by atoms with van der Waals surface area (Å²) in [5, 5.41) is 0. The highest BCUT2D eigenvalue weighted by molar-refractivity contribution is 5.85. The highest BCUT2D eigenvalue weighted by Gasteiger charge is 2.22. The minimum atomic E-state index is -0.313. The summed E-state index contributed by atoms with van der Waals surface area (Å²) >= 11 is 0. The Morgan fingerprint density at radius 1 is 0.514 bits per heavy atom.